The first-order valence-electron chi connectivity index (χ1n) is 7.21. The van der Waals surface area contributed by atoms with E-state index >= 15 is 0 Å². The van der Waals surface area contributed by atoms with Gasteiger partial charge >= 0.3 is 12.0 Å². The van der Waals surface area contributed by atoms with Crippen LogP contribution in [0.3, 0.4) is 0 Å². The Morgan fingerprint density at radius 2 is 2.09 bits per heavy atom. The number of carboxylic acids is 1. The van der Waals surface area contributed by atoms with Crippen LogP contribution in [-0.4, -0.2) is 39.5 Å². The fourth-order valence-corrected chi connectivity index (χ4v) is 2.51. The van der Waals surface area contributed by atoms with E-state index in [1.54, 1.807) is 6.07 Å². The summed E-state index contributed by atoms with van der Waals surface area (Å²) in [4.78, 5) is 22.4. The van der Waals surface area contributed by atoms with Gasteiger partial charge in [0.05, 0.1) is 6.54 Å². The fraction of sp³-hybridized carbons (Fsp3) is 0.643. The maximum Gasteiger partial charge on any atom is 0.337 e. The Morgan fingerprint density at radius 3 is 2.68 bits per heavy atom. The molecule has 2 rings (SSSR count). The molecule has 8 heteroatoms. The van der Waals surface area contributed by atoms with Gasteiger partial charge < -0.3 is 20.1 Å². The van der Waals surface area contributed by atoms with Gasteiger partial charge in [0.1, 0.15) is 5.76 Å². The maximum atomic E-state index is 11.7. The molecule has 2 amide bonds. The molecule has 1 unspecified atom stereocenters. The molecule has 122 valence electrons. The number of nitrogens with zero attached hydrogens (tertiary/aromatic N) is 1. The second-order valence-corrected chi connectivity index (χ2v) is 6.23. The summed E-state index contributed by atoms with van der Waals surface area (Å²) in [6.45, 7) is 2.79. The Morgan fingerprint density at radius 1 is 1.45 bits per heavy atom. The summed E-state index contributed by atoms with van der Waals surface area (Å²) in [6.07, 6.45) is 4.33. The minimum Gasteiger partial charge on any atom is -0.479 e. The fourth-order valence-electron chi connectivity index (χ4n) is 2.51. The number of carbonyl (C=O) groups is 2. The van der Waals surface area contributed by atoms with Gasteiger partial charge in [0, 0.05) is 11.5 Å². The van der Waals surface area contributed by atoms with E-state index in [-0.39, 0.29) is 11.2 Å². The smallest absolute Gasteiger partial charge is 0.337 e. The number of anilines is 1. The van der Waals surface area contributed by atoms with Crippen molar-refractivity contribution in [2.24, 2.45) is 0 Å². The van der Waals surface area contributed by atoms with Gasteiger partial charge in [-0.1, -0.05) is 24.9 Å². The second kappa shape index (κ2) is 5.96. The number of nitrogens with one attached hydrogen (secondary N) is 2. The predicted molar refractivity (Wildman–Crippen MR) is 77.6 cm³/mol. The number of amides is 2. The van der Waals surface area contributed by atoms with Crippen molar-refractivity contribution < 1.29 is 24.3 Å². The zero-order valence-electron chi connectivity index (χ0n) is 12.7. The first kappa shape index (κ1) is 16.3. The zero-order valence-corrected chi connectivity index (χ0v) is 12.7. The largest absolute Gasteiger partial charge is 0.479 e. The molecule has 1 saturated carbocycles. The van der Waals surface area contributed by atoms with E-state index in [0.29, 0.717) is 0 Å². The molecule has 8 nitrogen and oxygen atoms in total. The number of hydrogen-bond donors (Lipinski definition) is 4. The summed E-state index contributed by atoms with van der Waals surface area (Å²) >= 11 is 0. The lowest BCUT2D eigenvalue weighted by atomic mass is 9.86. The third kappa shape index (κ3) is 3.56. The average molecular weight is 311 g/mol. The summed E-state index contributed by atoms with van der Waals surface area (Å²) in [6, 6.07) is 1.03. The number of aliphatic hydroxyl groups is 1. The third-order valence-electron chi connectivity index (χ3n) is 4.11. The van der Waals surface area contributed by atoms with E-state index in [2.05, 4.69) is 22.7 Å². The van der Waals surface area contributed by atoms with Crippen molar-refractivity contribution in [3.05, 3.63) is 11.8 Å². The predicted octanol–water partition coefficient (Wildman–Crippen LogP) is 1.46. The monoisotopic (exact) mass is 311 g/mol. The normalized spacial score (nSPS) is 19.4. The lowest BCUT2D eigenvalue weighted by molar-refractivity contribution is -0.155. The highest BCUT2D eigenvalue weighted by molar-refractivity contribution is 5.89. The summed E-state index contributed by atoms with van der Waals surface area (Å²) in [5.41, 5.74) is -2.07. The van der Waals surface area contributed by atoms with E-state index in [9.17, 15) is 14.7 Å². The summed E-state index contributed by atoms with van der Waals surface area (Å²) in [7, 11) is 0. The molecule has 1 fully saturated rings. The average Bonchev–Trinajstić information content (AvgIpc) is 3.06. The number of carboxylic acid groups (broad SMARTS) is 1. The maximum absolute atomic E-state index is 11.7. The Hall–Kier alpha value is -2.09. The van der Waals surface area contributed by atoms with Crippen LogP contribution in [0, 0.1) is 0 Å². The topological polar surface area (TPSA) is 125 Å². The highest BCUT2D eigenvalue weighted by atomic mass is 16.5. The Kier molecular flexibility index (Phi) is 4.41. The molecule has 0 saturated heterocycles. The molecule has 1 aliphatic rings. The van der Waals surface area contributed by atoms with Gasteiger partial charge in [-0.2, -0.15) is 0 Å². The number of carbonyl (C=O) groups excluding carboxylic acids is 1. The molecule has 0 aliphatic heterocycles. The van der Waals surface area contributed by atoms with Crippen LogP contribution in [0.5, 0.6) is 0 Å². The molecule has 1 aliphatic carbocycles. The van der Waals surface area contributed by atoms with Crippen molar-refractivity contribution in [1.29, 1.82) is 0 Å². The van der Waals surface area contributed by atoms with Crippen LogP contribution in [0.25, 0.3) is 0 Å². The molecule has 4 N–H and O–H groups in total. The van der Waals surface area contributed by atoms with Crippen molar-refractivity contribution in [3.63, 3.8) is 0 Å². The van der Waals surface area contributed by atoms with Crippen LogP contribution >= 0.6 is 0 Å². The highest BCUT2D eigenvalue weighted by Crippen LogP contribution is 2.41. The van der Waals surface area contributed by atoms with E-state index < -0.39 is 24.1 Å². The zero-order chi connectivity index (χ0) is 16.4. The van der Waals surface area contributed by atoms with Crippen molar-refractivity contribution in [3.8, 4) is 0 Å². The number of hydrogen-bond acceptors (Lipinski definition) is 5. The van der Waals surface area contributed by atoms with Crippen LogP contribution in [0.1, 0.15) is 45.3 Å². The third-order valence-corrected chi connectivity index (χ3v) is 4.11. The minimum absolute atomic E-state index is 0.0453. The molecule has 22 heavy (non-hydrogen) atoms. The lowest BCUT2D eigenvalue weighted by Crippen LogP contribution is -2.47. The van der Waals surface area contributed by atoms with Crippen molar-refractivity contribution in [1.82, 2.24) is 10.5 Å². The molecule has 0 aromatic carbocycles. The van der Waals surface area contributed by atoms with Crippen LogP contribution in [0.15, 0.2) is 10.6 Å². The van der Waals surface area contributed by atoms with Crippen LogP contribution in [0.2, 0.25) is 0 Å². The molecule has 1 heterocycles. The molecule has 0 radical (unpaired) electrons. The first-order valence-corrected chi connectivity index (χ1v) is 7.21. The molecular weight excluding hydrogens is 290 g/mol. The molecule has 0 spiro atoms. The summed E-state index contributed by atoms with van der Waals surface area (Å²) in [5.74, 6) is -0.417. The highest BCUT2D eigenvalue weighted by Gasteiger charge is 2.34. The number of aliphatic carboxylic acids is 1. The Bertz CT molecular complexity index is 561. The molecule has 1 aromatic rings. The van der Waals surface area contributed by atoms with Crippen LogP contribution in [-0.2, 0) is 10.2 Å². The van der Waals surface area contributed by atoms with E-state index in [1.165, 1.54) is 0 Å². The van der Waals surface area contributed by atoms with Gasteiger partial charge in [0.15, 0.2) is 11.4 Å². The Labute approximate surface area is 127 Å². The standard InChI is InChI=1S/C14H21N3O5/c1-13(5-3-4-6-13)9-7-10(17-22-9)16-12(20)15-8-14(2,21)11(18)19/h7,21H,3-6,8H2,1-2H3,(H,18,19)(H2,15,16,17,20). The van der Waals surface area contributed by atoms with Gasteiger partial charge in [0.2, 0.25) is 0 Å². The van der Waals surface area contributed by atoms with Crippen LogP contribution in [0.4, 0.5) is 10.6 Å². The van der Waals surface area contributed by atoms with Gasteiger partial charge in [-0.15, -0.1) is 0 Å². The quantitative estimate of drug-likeness (QED) is 0.652. The SMILES string of the molecule is CC(O)(CNC(=O)Nc1cc(C2(C)CCCC2)on1)C(=O)O. The van der Waals surface area contributed by atoms with Crippen LogP contribution < -0.4 is 10.6 Å². The number of urea groups is 1. The van der Waals surface area contributed by atoms with Gasteiger partial charge in [-0.3, -0.25) is 5.32 Å². The molecular formula is C14H21N3O5. The molecule has 1 aromatic heterocycles. The lowest BCUT2D eigenvalue weighted by Gasteiger charge is -2.18. The van der Waals surface area contributed by atoms with Gasteiger partial charge in [-0.25, -0.2) is 9.59 Å². The first-order chi connectivity index (χ1) is 10.2. The molecule has 1 atom stereocenters. The number of aromatic nitrogens is 1. The van der Waals surface area contributed by atoms with Crippen molar-refractivity contribution in [2.45, 2.75) is 50.5 Å². The minimum atomic E-state index is -2.02. The van der Waals surface area contributed by atoms with E-state index in [4.69, 9.17) is 9.63 Å². The summed E-state index contributed by atoms with van der Waals surface area (Å²) < 4.78 is 5.30. The van der Waals surface area contributed by atoms with E-state index in [1.807, 2.05) is 0 Å². The Balaban J connectivity index is 1.90. The van der Waals surface area contributed by atoms with Crippen molar-refractivity contribution in [2.75, 3.05) is 11.9 Å². The molecule has 0 bridgehead atoms. The van der Waals surface area contributed by atoms with Crippen molar-refractivity contribution >= 4 is 17.8 Å². The number of rotatable bonds is 5. The van der Waals surface area contributed by atoms with E-state index in [0.717, 1.165) is 38.4 Å². The summed E-state index contributed by atoms with van der Waals surface area (Å²) in [5, 5.41) is 26.8. The second-order valence-electron chi connectivity index (χ2n) is 6.23. The van der Waals surface area contributed by atoms with Gasteiger partial charge in [-0.05, 0) is 19.8 Å². The van der Waals surface area contributed by atoms with Gasteiger partial charge in [0.25, 0.3) is 0 Å².